The molecule has 2 unspecified atom stereocenters. The first kappa shape index (κ1) is 8.41. The summed E-state index contributed by atoms with van der Waals surface area (Å²) < 4.78 is 0. The molecule has 9 heavy (non-hydrogen) atoms. The van der Waals surface area contributed by atoms with Gasteiger partial charge in [0.05, 0.1) is 18.8 Å². The summed E-state index contributed by atoms with van der Waals surface area (Å²) in [4.78, 5) is 0. The molecule has 0 heterocycles. The maximum atomic E-state index is 8.76. The van der Waals surface area contributed by atoms with Gasteiger partial charge in [-0.05, 0) is 13.3 Å². The van der Waals surface area contributed by atoms with Gasteiger partial charge in [-0.25, -0.2) is 0 Å². The minimum atomic E-state index is -0.736. The molecule has 0 rings (SSSR count). The van der Waals surface area contributed by atoms with E-state index in [0.29, 0.717) is 6.42 Å². The standard InChI is InChI=1S/C6H11NO2/c1-5(3-7)2-6(9)4-8/h5-6,8-9H,2,4H2,1H3. The van der Waals surface area contributed by atoms with E-state index < -0.39 is 6.10 Å². The third kappa shape index (κ3) is 3.95. The highest BCUT2D eigenvalue weighted by atomic mass is 16.3. The molecule has 0 fully saturated rings. The van der Waals surface area contributed by atoms with Gasteiger partial charge in [0.15, 0.2) is 0 Å². The van der Waals surface area contributed by atoms with E-state index >= 15 is 0 Å². The molecule has 0 aliphatic rings. The van der Waals surface area contributed by atoms with E-state index in [1.807, 2.05) is 6.07 Å². The molecule has 0 aromatic rings. The predicted molar refractivity (Wildman–Crippen MR) is 32.5 cm³/mol. The zero-order chi connectivity index (χ0) is 7.28. The Labute approximate surface area is 54.5 Å². The van der Waals surface area contributed by atoms with Crippen molar-refractivity contribution in [3.05, 3.63) is 0 Å². The van der Waals surface area contributed by atoms with Crippen molar-refractivity contribution in [2.45, 2.75) is 19.4 Å². The van der Waals surface area contributed by atoms with E-state index in [2.05, 4.69) is 0 Å². The average Bonchev–Trinajstić information content (AvgIpc) is 1.87. The number of aliphatic hydroxyl groups excluding tert-OH is 2. The molecule has 0 aliphatic heterocycles. The molecule has 0 bridgehead atoms. The van der Waals surface area contributed by atoms with Gasteiger partial charge < -0.3 is 10.2 Å². The highest BCUT2D eigenvalue weighted by Crippen LogP contribution is 2.02. The van der Waals surface area contributed by atoms with Gasteiger partial charge in [-0.1, -0.05) is 0 Å². The molecule has 0 amide bonds. The SMILES string of the molecule is CC(C#N)CC(O)CO. The normalized spacial score (nSPS) is 16.2. The Morgan fingerprint density at radius 2 is 2.22 bits per heavy atom. The van der Waals surface area contributed by atoms with Crippen LogP contribution in [0.15, 0.2) is 0 Å². The zero-order valence-electron chi connectivity index (χ0n) is 5.41. The van der Waals surface area contributed by atoms with E-state index in [-0.39, 0.29) is 12.5 Å². The van der Waals surface area contributed by atoms with Crippen molar-refractivity contribution in [1.29, 1.82) is 5.26 Å². The van der Waals surface area contributed by atoms with Crippen molar-refractivity contribution in [2.24, 2.45) is 5.92 Å². The van der Waals surface area contributed by atoms with E-state index in [0.717, 1.165) is 0 Å². The summed E-state index contributed by atoms with van der Waals surface area (Å²) in [6.07, 6.45) is -0.382. The summed E-state index contributed by atoms with van der Waals surface area (Å²) in [7, 11) is 0. The Morgan fingerprint density at radius 1 is 1.67 bits per heavy atom. The van der Waals surface area contributed by atoms with Gasteiger partial charge >= 0.3 is 0 Å². The van der Waals surface area contributed by atoms with E-state index in [1.54, 1.807) is 6.92 Å². The van der Waals surface area contributed by atoms with Crippen LogP contribution in [0.4, 0.5) is 0 Å². The van der Waals surface area contributed by atoms with Crippen LogP contribution >= 0.6 is 0 Å². The van der Waals surface area contributed by atoms with Gasteiger partial charge in [0, 0.05) is 5.92 Å². The summed E-state index contributed by atoms with van der Waals surface area (Å²) in [5.74, 6) is -0.174. The van der Waals surface area contributed by atoms with Crippen LogP contribution in [0.5, 0.6) is 0 Å². The van der Waals surface area contributed by atoms with Crippen LogP contribution in [0.3, 0.4) is 0 Å². The highest BCUT2D eigenvalue weighted by Gasteiger charge is 2.06. The average molecular weight is 129 g/mol. The van der Waals surface area contributed by atoms with Crippen molar-refractivity contribution in [2.75, 3.05) is 6.61 Å². The van der Waals surface area contributed by atoms with Crippen molar-refractivity contribution in [3.63, 3.8) is 0 Å². The molecule has 0 aliphatic carbocycles. The number of nitriles is 1. The molecule has 2 N–H and O–H groups in total. The third-order valence-electron chi connectivity index (χ3n) is 1.06. The topological polar surface area (TPSA) is 64.2 Å². The quantitative estimate of drug-likeness (QED) is 0.558. The van der Waals surface area contributed by atoms with Crippen LogP contribution in [0, 0.1) is 17.2 Å². The Bertz CT molecular complexity index is 108. The molecular weight excluding hydrogens is 118 g/mol. The Balaban J connectivity index is 3.37. The molecule has 0 saturated carbocycles. The van der Waals surface area contributed by atoms with Gasteiger partial charge in [0.1, 0.15) is 0 Å². The van der Waals surface area contributed by atoms with Crippen molar-refractivity contribution in [3.8, 4) is 6.07 Å². The van der Waals surface area contributed by atoms with Crippen LogP contribution in [-0.4, -0.2) is 22.9 Å². The minimum Gasteiger partial charge on any atom is -0.394 e. The lowest BCUT2D eigenvalue weighted by Gasteiger charge is -2.06. The fourth-order valence-electron chi connectivity index (χ4n) is 0.535. The lowest BCUT2D eigenvalue weighted by molar-refractivity contribution is 0.0816. The van der Waals surface area contributed by atoms with Crippen LogP contribution in [-0.2, 0) is 0 Å². The molecule has 0 aromatic heterocycles. The number of hydrogen-bond donors (Lipinski definition) is 2. The Hall–Kier alpha value is -0.590. The second-order valence-corrected chi connectivity index (χ2v) is 2.10. The molecule has 52 valence electrons. The monoisotopic (exact) mass is 129 g/mol. The molecular formula is C6H11NO2. The smallest absolute Gasteiger partial charge is 0.0783 e. The predicted octanol–water partition coefficient (Wildman–Crippen LogP) is -0.111. The number of hydrogen-bond acceptors (Lipinski definition) is 3. The minimum absolute atomic E-state index is 0.174. The van der Waals surface area contributed by atoms with E-state index in [1.165, 1.54) is 0 Å². The summed E-state index contributed by atoms with van der Waals surface area (Å²) in [6, 6.07) is 1.96. The summed E-state index contributed by atoms with van der Waals surface area (Å²) >= 11 is 0. The van der Waals surface area contributed by atoms with Crippen molar-refractivity contribution < 1.29 is 10.2 Å². The summed E-state index contributed by atoms with van der Waals surface area (Å²) in [5.41, 5.74) is 0. The van der Waals surface area contributed by atoms with Crippen LogP contribution in [0.1, 0.15) is 13.3 Å². The number of rotatable bonds is 3. The Morgan fingerprint density at radius 3 is 2.56 bits per heavy atom. The lowest BCUT2D eigenvalue weighted by Crippen LogP contribution is -2.14. The molecule has 0 radical (unpaired) electrons. The van der Waals surface area contributed by atoms with Crippen LogP contribution in [0.25, 0.3) is 0 Å². The molecule has 3 nitrogen and oxygen atoms in total. The van der Waals surface area contributed by atoms with Crippen LogP contribution < -0.4 is 0 Å². The van der Waals surface area contributed by atoms with Crippen molar-refractivity contribution in [1.82, 2.24) is 0 Å². The third-order valence-corrected chi connectivity index (χ3v) is 1.06. The maximum Gasteiger partial charge on any atom is 0.0783 e. The number of nitrogens with zero attached hydrogens (tertiary/aromatic N) is 1. The molecule has 0 aromatic carbocycles. The van der Waals surface area contributed by atoms with E-state index in [9.17, 15) is 0 Å². The van der Waals surface area contributed by atoms with Gasteiger partial charge in [-0.3, -0.25) is 0 Å². The maximum absolute atomic E-state index is 8.76. The first-order chi connectivity index (χ1) is 4.20. The van der Waals surface area contributed by atoms with Crippen LogP contribution in [0.2, 0.25) is 0 Å². The number of aliphatic hydroxyl groups is 2. The second-order valence-electron chi connectivity index (χ2n) is 2.10. The first-order valence-electron chi connectivity index (χ1n) is 2.89. The largest absolute Gasteiger partial charge is 0.394 e. The fourth-order valence-corrected chi connectivity index (χ4v) is 0.535. The highest BCUT2D eigenvalue weighted by molar-refractivity contribution is 4.80. The molecule has 3 heteroatoms. The molecule has 0 spiro atoms. The second kappa shape index (κ2) is 4.30. The van der Waals surface area contributed by atoms with E-state index in [4.69, 9.17) is 15.5 Å². The summed E-state index contributed by atoms with van der Waals surface area (Å²) in [5, 5.41) is 25.3. The molecule has 0 saturated heterocycles. The van der Waals surface area contributed by atoms with Gasteiger partial charge in [0.25, 0.3) is 0 Å². The van der Waals surface area contributed by atoms with Gasteiger partial charge in [0.2, 0.25) is 0 Å². The first-order valence-corrected chi connectivity index (χ1v) is 2.89. The molecule has 2 atom stereocenters. The Kier molecular flexibility index (Phi) is 4.02. The van der Waals surface area contributed by atoms with Gasteiger partial charge in [-0.2, -0.15) is 5.26 Å². The zero-order valence-corrected chi connectivity index (χ0v) is 5.41. The van der Waals surface area contributed by atoms with Crippen molar-refractivity contribution >= 4 is 0 Å². The fraction of sp³-hybridized carbons (Fsp3) is 0.833. The summed E-state index contributed by atoms with van der Waals surface area (Å²) in [6.45, 7) is 1.45. The lowest BCUT2D eigenvalue weighted by atomic mass is 10.1. The van der Waals surface area contributed by atoms with Gasteiger partial charge in [-0.15, -0.1) is 0 Å².